The van der Waals surface area contributed by atoms with Crippen LogP contribution >= 0.6 is 11.6 Å². The van der Waals surface area contributed by atoms with Gasteiger partial charge >= 0.3 is 5.97 Å². The van der Waals surface area contributed by atoms with Gasteiger partial charge in [-0.05, 0) is 17.7 Å². The van der Waals surface area contributed by atoms with E-state index in [1.807, 2.05) is 0 Å². The van der Waals surface area contributed by atoms with Crippen molar-refractivity contribution in [3.05, 3.63) is 23.8 Å². The number of aliphatic carboxylic acids is 1. The summed E-state index contributed by atoms with van der Waals surface area (Å²) < 4.78 is 15.3. The minimum absolute atomic E-state index is 0.151. The molecule has 1 aromatic carbocycles. The van der Waals surface area contributed by atoms with Crippen molar-refractivity contribution in [1.29, 1.82) is 0 Å². The van der Waals surface area contributed by atoms with E-state index in [-0.39, 0.29) is 12.5 Å². The molecule has 0 bridgehead atoms. The number of rotatable bonds is 7. The average Bonchev–Trinajstić information content (AvgIpc) is 2.38. The average molecular weight is 275 g/mol. The molecular formula is C12H15ClO5. The Bertz CT molecular complexity index is 385. The van der Waals surface area contributed by atoms with Crippen LogP contribution in [0.3, 0.4) is 0 Å². The molecule has 0 aliphatic heterocycles. The summed E-state index contributed by atoms with van der Waals surface area (Å²) in [5.74, 6) is 0.149. The smallest absolute Gasteiger partial charge is 0.337 e. The van der Waals surface area contributed by atoms with Crippen LogP contribution in [-0.4, -0.2) is 37.8 Å². The predicted molar refractivity (Wildman–Crippen MR) is 66.6 cm³/mol. The van der Waals surface area contributed by atoms with Gasteiger partial charge in [0.25, 0.3) is 0 Å². The van der Waals surface area contributed by atoms with Gasteiger partial charge in [-0.15, -0.1) is 11.6 Å². The summed E-state index contributed by atoms with van der Waals surface area (Å²) >= 11 is 5.49. The summed E-state index contributed by atoms with van der Waals surface area (Å²) in [4.78, 5) is 11.2. The largest absolute Gasteiger partial charge is 0.497 e. The second-order valence-electron chi connectivity index (χ2n) is 3.42. The highest BCUT2D eigenvalue weighted by Gasteiger charge is 2.22. The SMILES string of the molecule is COc1cc(OC)cc(C(OCCCl)C(=O)O)c1. The number of hydrogen-bond acceptors (Lipinski definition) is 4. The number of hydrogen-bond donors (Lipinski definition) is 1. The van der Waals surface area contributed by atoms with E-state index in [1.165, 1.54) is 14.2 Å². The molecule has 0 radical (unpaired) electrons. The molecule has 0 heterocycles. The van der Waals surface area contributed by atoms with E-state index < -0.39 is 12.1 Å². The van der Waals surface area contributed by atoms with Gasteiger partial charge in [-0.2, -0.15) is 0 Å². The first kappa shape index (κ1) is 14.6. The molecule has 5 nitrogen and oxygen atoms in total. The van der Waals surface area contributed by atoms with E-state index in [9.17, 15) is 4.79 Å². The standard InChI is InChI=1S/C12H15ClO5/c1-16-9-5-8(6-10(7-9)17-2)11(12(14)15)18-4-3-13/h5-7,11H,3-4H2,1-2H3,(H,14,15). The summed E-state index contributed by atoms with van der Waals surface area (Å²) in [7, 11) is 2.99. The van der Waals surface area contributed by atoms with E-state index in [0.29, 0.717) is 17.1 Å². The lowest BCUT2D eigenvalue weighted by molar-refractivity contribution is -0.150. The third kappa shape index (κ3) is 3.78. The van der Waals surface area contributed by atoms with Gasteiger partial charge in [-0.1, -0.05) is 0 Å². The Labute approximate surface area is 110 Å². The second-order valence-corrected chi connectivity index (χ2v) is 3.80. The summed E-state index contributed by atoms with van der Waals surface area (Å²) in [5.41, 5.74) is 0.448. The molecule has 18 heavy (non-hydrogen) atoms. The van der Waals surface area contributed by atoms with Crippen molar-refractivity contribution in [1.82, 2.24) is 0 Å². The first-order valence-corrected chi connectivity index (χ1v) is 5.79. The van der Waals surface area contributed by atoms with Gasteiger partial charge in [0.1, 0.15) is 11.5 Å². The molecule has 0 saturated carbocycles. The fourth-order valence-corrected chi connectivity index (χ4v) is 1.54. The van der Waals surface area contributed by atoms with E-state index >= 15 is 0 Å². The fourth-order valence-electron chi connectivity index (χ4n) is 1.45. The second kappa shape index (κ2) is 7.08. The van der Waals surface area contributed by atoms with Crippen LogP contribution in [0.2, 0.25) is 0 Å². The zero-order valence-corrected chi connectivity index (χ0v) is 10.9. The number of halogens is 1. The summed E-state index contributed by atoms with van der Waals surface area (Å²) in [6.45, 7) is 0.151. The lowest BCUT2D eigenvalue weighted by Crippen LogP contribution is -2.16. The van der Waals surface area contributed by atoms with Gasteiger partial charge in [-0.25, -0.2) is 4.79 Å². The Morgan fingerprint density at radius 2 is 1.83 bits per heavy atom. The van der Waals surface area contributed by atoms with Crippen molar-refractivity contribution in [3.8, 4) is 11.5 Å². The zero-order valence-electron chi connectivity index (χ0n) is 10.2. The Morgan fingerprint density at radius 3 is 2.22 bits per heavy atom. The number of ether oxygens (including phenoxy) is 3. The third-order valence-corrected chi connectivity index (χ3v) is 2.42. The first-order valence-electron chi connectivity index (χ1n) is 5.25. The Hall–Kier alpha value is -1.46. The molecule has 0 aliphatic rings. The molecule has 1 aromatic rings. The van der Waals surface area contributed by atoms with E-state index in [1.54, 1.807) is 18.2 Å². The fraction of sp³-hybridized carbons (Fsp3) is 0.417. The van der Waals surface area contributed by atoms with Gasteiger partial charge in [0.2, 0.25) is 0 Å². The molecule has 1 unspecified atom stereocenters. The topological polar surface area (TPSA) is 65.0 Å². The molecule has 0 fully saturated rings. The monoisotopic (exact) mass is 274 g/mol. The van der Waals surface area contributed by atoms with Crippen LogP contribution in [0.25, 0.3) is 0 Å². The van der Waals surface area contributed by atoms with Crippen molar-refractivity contribution < 1.29 is 24.1 Å². The lowest BCUT2D eigenvalue weighted by Gasteiger charge is -2.15. The number of carboxylic acid groups (broad SMARTS) is 1. The number of methoxy groups -OCH3 is 2. The molecule has 0 aromatic heterocycles. The number of alkyl halides is 1. The van der Waals surface area contributed by atoms with Crippen molar-refractivity contribution in [2.24, 2.45) is 0 Å². The van der Waals surface area contributed by atoms with Crippen LogP contribution < -0.4 is 9.47 Å². The normalized spacial score (nSPS) is 11.9. The Kier molecular flexibility index (Phi) is 5.74. The van der Waals surface area contributed by atoms with E-state index in [4.69, 9.17) is 30.9 Å². The lowest BCUT2D eigenvalue weighted by atomic mass is 10.1. The van der Waals surface area contributed by atoms with E-state index in [2.05, 4.69) is 0 Å². The Balaban J connectivity index is 3.05. The minimum Gasteiger partial charge on any atom is -0.497 e. The van der Waals surface area contributed by atoms with Crippen molar-refractivity contribution in [2.45, 2.75) is 6.10 Å². The number of carboxylic acids is 1. The zero-order chi connectivity index (χ0) is 13.5. The maximum Gasteiger partial charge on any atom is 0.337 e. The maximum atomic E-state index is 11.2. The molecule has 1 atom stereocenters. The highest BCUT2D eigenvalue weighted by Crippen LogP contribution is 2.28. The van der Waals surface area contributed by atoms with Gasteiger partial charge in [0, 0.05) is 11.9 Å². The maximum absolute atomic E-state index is 11.2. The van der Waals surface area contributed by atoms with Crippen LogP contribution in [0.5, 0.6) is 11.5 Å². The molecule has 0 spiro atoms. The van der Waals surface area contributed by atoms with Crippen LogP contribution in [0.15, 0.2) is 18.2 Å². The molecule has 1 N–H and O–H groups in total. The molecule has 6 heteroatoms. The molecule has 0 amide bonds. The number of benzene rings is 1. The molecule has 0 aliphatic carbocycles. The van der Waals surface area contributed by atoms with Crippen LogP contribution in [0.4, 0.5) is 0 Å². The first-order chi connectivity index (χ1) is 8.62. The van der Waals surface area contributed by atoms with Crippen molar-refractivity contribution >= 4 is 17.6 Å². The van der Waals surface area contributed by atoms with Crippen LogP contribution in [-0.2, 0) is 9.53 Å². The van der Waals surface area contributed by atoms with Gasteiger partial charge in [0.15, 0.2) is 6.10 Å². The quantitative estimate of drug-likeness (QED) is 0.771. The van der Waals surface area contributed by atoms with Crippen molar-refractivity contribution in [3.63, 3.8) is 0 Å². The molecular weight excluding hydrogens is 260 g/mol. The van der Waals surface area contributed by atoms with Crippen LogP contribution in [0.1, 0.15) is 11.7 Å². The third-order valence-electron chi connectivity index (χ3n) is 2.26. The number of carbonyl (C=O) groups is 1. The van der Waals surface area contributed by atoms with Gasteiger partial charge in [-0.3, -0.25) is 0 Å². The summed E-state index contributed by atoms with van der Waals surface area (Å²) in [6.07, 6.45) is -1.09. The van der Waals surface area contributed by atoms with Crippen LogP contribution in [0, 0.1) is 0 Å². The van der Waals surface area contributed by atoms with Gasteiger partial charge < -0.3 is 19.3 Å². The minimum atomic E-state index is -1.09. The summed E-state index contributed by atoms with van der Waals surface area (Å²) in [6, 6.07) is 4.84. The highest BCUT2D eigenvalue weighted by atomic mass is 35.5. The highest BCUT2D eigenvalue weighted by molar-refractivity contribution is 6.17. The predicted octanol–water partition coefficient (Wildman–Crippen LogP) is 2.08. The van der Waals surface area contributed by atoms with Crippen molar-refractivity contribution in [2.75, 3.05) is 26.7 Å². The summed E-state index contributed by atoms with van der Waals surface area (Å²) in [5, 5.41) is 9.13. The molecule has 0 saturated heterocycles. The van der Waals surface area contributed by atoms with E-state index in [0.717, 1.165) is 0 Å². The molecule has 100 valence electrons. The Morgan fingerprint density at radius 1 is 1.28 bits per heavy atom. The van der Waals surface area contributed by atoms with Gasteiger partial charge in [0.05, 0.1) is 20.8 Å². The molecule has 1 rings (SSSR count).